The molecule has 0 atom stereocenters. The van der Waals surface area contributed by atoms with Crippen LogP contribution in [0.15, 0.2) is 18.2 Å². The molecule has 0 saturated heterocycles. The van der Waals surface area contributed by atoms with Crippen LogP contribution in [0.5, 0.6) is 0 Å². The van der Waals surface area contributed by atoms with E-state index in [1.54, 1.807) is 13.0 Å². The molecule has 0 fully saturated rings. The number of nitro benzene ring substituents is 1. The van der Waals surface area contributed by atoms with Crippen LogP contribution < -0.4 is 0 Å². The molecule has 1 rings (SSSR count). The smallest absolute Gasteiger partial charge is 0.258 e. The van der Waals surface area contributed by atoms with Gasteiger partial charge in [0, 0.05) is 12.1 Å². The van der Waals surface area contributed by atoms with Gasteiger partial charge < -0.3 is 0 Å². The molecule has 0 amide bonds. The molecule has 0 heterocycles. The summed E-state index contributed by atoms with van der Waals surface area (Å²) in [5, 5.41) is 18.9. The van der Waals surface area contributed by atoms with Crippen LogP contribution in [0.4, 0.5) is 5.69 Å². The van der Waals surface area contributed by atoms with E-state index in [1.165, 1.54) is 12.1 Å². The van der Waals surface area contributed by atoms with Gasteiger partial charge in [-0.05, 0) is 18.1 Å². The van der Waals surface area contributed by atoms with Crippen LogP contribution in [0.25, 0.3) is 0 Å². The van der Waals surface area contributed by atoms with Crippen molar-refractivity contribution < 1.29 is 4.92 Å². The fraction of sp³-hybridized carbons (Fsp3) is 0.222. The molecule has 0 aliphatic rings. The molecular formula is C9H8N2O2. The molecule has 0 aromatic heterocycles. The summed E-state index contributed by atoms with van der Waals surface area (Å²) in [6.45, 7) is 1.77. The van der Waals surface area contributed by atoms with Gasteiger partial charge in [-0.15, -0.1) is 0 Å². The maximum Gasteiger partial charge on any atom is 0.269 e. The zero-order chi connectivity index (χ0) is 9.84. The Labute approximate surface area is 75.6 Å². The predicted molar refractivity (Wildman–Crippen MR) is 47.2 cm³/mol. The standard InChI is InChI=1S/C9H8N2O2/c1-7-4-8(2-3-10)6-9(5-7)11(12)13/h4-6H,2H2,1H3. The second-order valence-electron chi connectivity index (χ2n) is 2.77. The Morgan fingerprint density at radius 1 is 1.54 bits per heavy atom. The fourth-order valence-corrected chi connectivity index (χ4v) is 1.14. The molecular weight excluding hydrogens is 168 g/mol. The van der Waals surface area contributed by atoms with E-state index in [9.17, 15) is 10.1 Å². The Balaban J connectivity index is 3.12. The van der Waals surface area contributed by atoms with E-state index in [-0.39, 0.29) is 12.1 Å². The summed E-state index contributed by atoms with van der Waals surface area (Å²) in [4.78, 5) is 9.98. The molecule has 1 aromatic carbocycles. The first-order chi connectivity index (χ1) is 6.13. The van der Waals surface area contributed by atoms with Crippen molar-refractivity contribution in [2.24, 2.45) is 0 Å². The average Bonchev–Trinajstić information content (AvgIpc) is 2.03. The normalized spacial score (nSPS) is 9.23. The number of hydrogen-bond donors (Lipinski definition) is 0. The number of non-ortho nitro benzene ring substituents is 1. The zero-order valence-electron chi connectivity index (χ0n) is 7.15. The molecule has 0 saturated carbocycles. The Hall–Kier alpha value is -1.89. The van der Waals surface area contributed by atoms with Crippen molar-refractivity contribution in [3.63, 3.8) is 0 Å². The van der Waals surface area contributed by atoms with Gasteiger partial charge in [-0.3, -0.25) is 10.1 Å². The van der Waals surface area contributed by atoms with Crippen molar-refractivity contribution in [3.8, 4) is 6.07 Å². The van der Waals surface area contributed by atoms with Crippen LogP contribution in [-0.4, -0.2) is 4.92 Å². The summed E-state index contributed by atoms with van der Waals surface area (Å²) in [6, 6.07) is 6.64. The van der Waals surface area contributed by atoms with Gasteiger partial charge in [-0.1, -0.05) is 6.07 Å². The number of nitro groups is 1. The Bertz CT molecular complexity index is 380. The molecule has 66 valence electrons. The Morgan fingerprint density at radius 3 is 2.77 bits per heavy atom. The molecule has 4 nitrogen and oxygen atoms in total. The minimum Gasteiger partial charge on any atom is -0.258 e. The summed E-state index contributed by atoms with van der Waals surface area (Å²) in [5.41, 5.74) is 1.54. The molecule has 0 aliphatic carbocycles. The third-order valence-electron chi connectivity index (χ3n) is 1.62. The van der Waals surface area contributed by atoms with Gasteiger partial charge in [0.2, 0.25) is 0 Å². The van der Waals surface area contributed by atoms with Crippen LogP contribution >= 0.6 is 0 Å². The van der Waals surface area contributed by atoms with Crippen molar-refractivity contribution >= 4 is 5.69 Å². The highest BCUT2D eigenvalue weighted by Crippen LogP contribution is 2.16. The van der Waals surface area contributed by atoms with Crippen LogP contribution in [-0.2, 0) is 6.42 Å². The Kier molecular flexibility index (Phi) is 2.60. The lowest BCUT2D eigenvalue weighted by Gasteiger charge is -1.97. The van der Waals surface area contributed by atoms with Gasteiger partial charge in [-0.25, -0.2) is 0 Å². The largest absolute Gasteiger partial charge is 0.269 e. The first-order valence-electron chi connectivity index (χ1n) is 3.75. The van der Waals surface area contributed by atoms with Gasteiger partial charge in [0.15, 0.2) is 0 Å². The van der Waals surface area contributed by atoms with Crippen molar-refractivity contribution in [1.82, 2.24) is 0 Å². The molecule has 13 heavy (non-hydrogen) atoms. The summed E-state index contributed by atoms with van der Waals surface area (Å²) in [7, 11) is 0. The van der Waals surface area contributed by atoms with Gasteiger partial charge in [0.1, 0.15) is 0 Å². The van der Waals surface area contributed by atoms with Crippen LogP contribution in [0.1, 0.15) is 11.1 Å². The number of hydrogen-bond acceptors (Lipinski definition) is 3. The molecule has 0 N–H and O–H groups in total. The van der Waals surface area contributed by atoms with Gasteiger partial charge in [0.25, 0.3) is 5.69 Å². The van der Waals surface area contributed by atoms with Crippen molar-refractivity contribution in [2.75, 3.05) is 0 Å². The molecule has 0 bridgehead atoms. The molecule has 0 radical (unpaired) electrons. The molecule has 1 aromatic rings. The first-order valence-corrected chi connectivity index (χ1v) is 3.75. The highest BCUT2D eigenvalue weighted by Gasteiger charge is 2.07. The minimum atomic E-state index is -0.451. The lowest BCUT2D eigenvalue weighted by atomic mass is 10.1. The highest BCUT2D eigenvalue weighted by molar-refractivity contribution is 5.39. The highest BCUT2D eigenvalue weighted by atomic mass is 16.6. The number of nitrogens with zero attached hydrogens (tertiary/aromatic N) is 2. The van der Waals surface area contributed by atoms with Crippen molar-refractivity contribution in [2.45, 2.75) is 13.3 Å². The van der Waals surface area contributed by atoms with Crippen molar-refractivity contribution in [1.29, 1.82) is 5.26 Å². The topological polar surface area (TPSA) is 66.9 Å². The maximum atomic E-state index is 10.4. The summed E-state index contributed by atoms with van der Waals surface area (Å²) in [5.74, 6) is 0. The number of nitriles is 1. The van der Waals surface area contributed by atoms with Crippen molar-refractivity contribution in [3.05, 3.63) is 39.4 Å². The quantitative estimate of drug-likeness (QED) is 0.511. The van der Waals surface area contributed by atoms with E-state index >= 15 is 0 Å². The molecule has 0 aliphatic heterocycles. The van der Waals surface area contributed by atoms with Crippen LogP contribution in [0, 0.1) is 28.4 Å². The fourth-order valence-electron chi connectivity index (χ4n) is 1.14. The van der Waals surface area contributed by atoms with Gasteiger partial charge >= 0.3 is 0 Å². The van der Waals surface area contributed by atoms with Gasteiger partial charge in [0.05, 0.1) is 17.4 Å². The SMILES string of the molecule is Cc1cc(CC#N)cc([N+](=O)[O-])c1. The summed E-state index contributed by atoms with van der Waals surface area (Å²) in [6.07, 6.45) is 0.211. The van der Waals surface area contributed by atoms with Gasteiger partial charge in [-0.2, -0.15) is 5.26 Å². The second-order valence-corrected chi connectivity index (χ2v) is 2.77. The Morgan fingerprint density at radius 2 is 2.23 bits per heavy atom. The van der Waals surface area contributed by atoms with E-state index in [0.29, 0.717) is 5.56 Å². The third kappa shape index (κ3) is 2.27. The third-order valence-corrected chi connectivity index (χ3v) is 1.62. The second kappa shape index (κ2) is 3.68. The lowest BCUT2D eigenvalue weighted by molar-refractivity contribution is -0.385. The van der Waals surface area contributed by atoms with Crippen LogP contribution in [0.3, 0.4) is 0 Å². The predicted octanol–water partition coefficient (Wildman–Crippen LogP) is 1.97. The van der Waals surface area contributed by atoms with E-state index in [0.717, 1.165) is 5.56 Å². The number of benzene rings is 1. The number of rotatable bonds is 2. The number of aryl methyl sites for hydroxylation is 1. The van der Waals surface area contributed by atoms with E-state index in [4.69, 9.17) is 5.26 Å². The molecule has 0 unspecified atom stereocenters. The van der Waals surface area contributed by atoms with E-state index in [1.807, 2.05) is 6.07 Å². The minimum absolute atomic E-state index is 0.0465. The van der Waals surface area contributed by atoms with E-state index < -0.39 is 4.92 Å². The molecule has 0 spiro atoms. The maximum absolute atomic E-state index is 10.4. The van der Waals surface area contributed by atoms with Crippen LogP contribution in [0.2, 0.25) is 0 Å². The lowest BCUT2D eigenvalue weighted by Crippen LogP contribution is -1.91. The average molecular weight is 176 g/mol. The summed E-state index contributed by atoms with van der Waals surface area (Å²) < 4.78 is 0. The zero-order valence-corrected chi connectivity index (χ0v) is 7.15. The molecule has 4 heteroatoms. The monoisotopic (exact) mass is 176 g/mol. The summed E-state index contributed by atoms with van der Waals surface area (Å²) >= 11 is 0. The first kappa shape index (κ1) is 9.20. The van der Waals surface area contributed by atoms with E-state index in [2.05, 4.69) is 0 Å².